The first-order valence-electron chi connectivity index (χ1n) is 17.6. The Balaban J connectivity index is 0.000000237. The first-order chi connectivity index (χ1) is 23.3. The maximum Gasteiger partial charge on any atom is 0.114 e. The van der Waals surface area contributed by atoms with Crippen LogP contribution in [0.25, 0.3) is 10.8 Å². The van der Waals surface area contributed by atoms with Crippen molar-refractivity contribution < 1.29 is 0 Å². The van der Waals surface area contributed by atoms with Gasteiger partial charge in [0.1, 0.15) is 5.66 Å². The van der Waals surface area contributed by atoms with Crippen molar-refractivity contribution in [2.75, 3.05) is 6.54 Å². The SMILES string of the molecule is C=C(C)N.C=C1C(CC)C(C)C2(C)N(C(=C)NCc3ccccc3)CCC(=C)N2C1C.Cc1ccc(C)cc1.c1ccc2ccccc2c1. The molecule has 2 aliphatic heterocycles. The van der Waals surface area contributed by atoms with Crippen molar-refractivity contribution in [1.82, 2.24) is 15.1 Å². The molecule has 4 unspecified atom stereocenters. The van der Waals surface area contributed by atoms with Gasteiger partial charge < -0.3 is 20.9 Å². The summed E-state index contributed by atoms with van der Waals surface area (Å²) in [5.41, 5.74) is 11.9. The molecule has 2 aliphatic rings. The quantitative estimate of drug-likeness (QED) is 0.210. The zero-order valence-electron chi connectivity index (χ0n) is 31.2. The highest BCUT2D eigenvalue weighted by atomic mass is 15.5. The second kappa shape index (κ2) is 18.2. The van der Waals surface area contributed by atoms with Gasteiger partial charge in [-0.2, -0.15) is 0 Å². The number of aryl methyl sites for hydroxylation is 2. The van der Waals surface area contributed by atoms with Crippen LogP contribution in [0.4, 0.5) is 0 Å². The van der Waals surface area contributed by atoms with E-state index in [4.69, 9.17) is 5.73 Å². The lowest BCUT2D eigenvalue weighted by atomic mass is 9.69. The number of piperidine rings is 1. The average molecular weight is 657 g/mol. The molecule has 0 spiro atoms. The molecule has 0 bridgehead atoms. The fourth-order valence-corrected chi connectivity index (χ4v) is 7.04. The maximum atomic E-state index is 4.92. The molecule has 0 radical (unpaired) electrons. The largest absolute Gasteiger partial charge is 0.403 e. The van der Waals surface area contributed by atoms with Gasteiger partial charge in [0.15, 0.2) is 0 Å². The molecule has 4 atom stereocenters. The summed E-state index contributed by atoms with van der Waals surface area (Å²) in [5, 5.41) is 6.19. The van der Waals surface area contributed by atoms with Gasteiger partial charge in [-0.1, -0.05) is 160 Å². The summed E-state index contributed by atoms with van der Waals surface area (Å²) in [7, 11) is 0. The van der Waals surface area contributed by atoms with E-state index in [1.807, 2.05) is 0 Å². The van der Waals surface area contributed by atoms with E-state index in [1.165, 1.54) is 38.7 Å². The number of rotatable bonds is 5. The first-order valence-corrected chi connectivity index (χ1v) is 17.6. The Morgan fingerprint density at radius 2 is 1.27 bits per heavy atom. The van der Waals surface area contributed by atoms with Crippen LogP contribution in [-0.4, -0.2) is 28.0 Å². The predicted molar refractivity (Wildman–Crippen MR) is 214 cm³/mol. The maximum absolute atomic E-state index is 4.92. The highest BCUT2D eigenvalue weighted by Crippen LogP contribution is 2.50. The van der Waals surface area contributed by atoms with Crippen molar-refractivity contribution in [3.8, 4) is 0 Å². The zero-order valence-corrected chi connectivity index (χ0v) is 31.2. The highest BCUT2D eigenvalue weighted by molar-refractivity contribution is 5.82. The van der Waals surface area contributed by atoms with Crippen molar-refractivity contribution in [1.29, 1.82) is 0 Å². The number of nitrogens with zero attached hydrogens (tertiary/aromatic N) is 2. The summed E-state index contributed by atoms with van der Waals surface area (Å²) in [6, 6.07) is 36.0. The Bertz CT molecular complexity index is 1580. The molecular weight excluding hydrogens is 597 g/mol. The van der Waals surface area contributed by atoms with Crippen molar-refractivity contribution in [2.45, 2.75) is 79.6 Å². The van der Waals surface area contributed by atoms with Gasteiger partial charge in [0.2, 0.25) is 0 Å². The number of fused-ring (bicyclic) bond motifs is 2. The summed E-state index contributed by atoms with van der Waals surface area (Å²) in [4.78, 5) is 4.98. The lowest BCUT2D eigenvalue weighted by molar-refractivity contribution is -0.117. The van der Waals surface area contributed by atoms with Crippen LogP contribution in [0.2, 0.25) is 0 Å². The lowest BCUT2D eigenvalue weighted by Crippen LogP contribution is -2.71. The topological polar surface area (TPSA) is 44.5 Å². The minimum Gasteiger partial charge on any atom is -0.403 e. The number of allylic oxidation sites excluding steroid dienone is 1. The van der Waals surface area contributed by atoms with Crippen molar-refractivity contribution in [3.05, 3.63) is 169 Å². The molecule has 4 nitrogen and oxygen atoms in total. The first kappa shape index (κ1) is 38.7. The molecule has 6 rings (SSSR count). The van der Waals surface area contributed by atoms with E-state index in [-0.39, 0.29) is 5.66 Å². The van der Waals surface area contributed by atoms with E-state index in [2.05, 4.69) is 186 Å². The minimum absolute atomic E-state index is 0.141. The fraction of sp³-hybridized carbons (Fsp3) is 0.333. The Labute approximate surface area is 297 Å². The van der Waals surface area contributed by atoms with Crippen LogP contribution in [-0.2, 0) is 6.54 Å². The van der Waals surface area contributed by atoms with E-state index in [0.717, 1.165) is 31.8 Å². The summed E-state index contributed by atoms with van der Waals surface area (Å²) >= 11 is 0. The Morgan fingerprint density at radius 3 is 1.71 bits per heavy atom. The molecule has 2 fully saturated rings. The van der Waals surface area contributed by atoms with Gasteiger partial charge in [-0.25, -0.2) is 0 Å². The van der Waals surface area contributed by atoms with Crippen LogP contribution >= 0.6 is 0 Å². The molecule has 4 heteroatoms. The summed E-state index contributed by atoms with van der Waals surface area (Å²) in [5.74, 6) is 1.95. The van der Waals surface area contributed by atoms with Crippen LogP contribution in [0.5, 0.6) is 0 Å². The molecule has 0 aliphatic carbocycles. The van der Waals surface area contributed by atoms with E-state index in [9.17, 15) is 0 Å². The van der Waals surface area contributed by atoms with Crippen LogP contribution < -0.4 is 11.1 Å². The number of hydrogen-bond acceptors (Lipinski definition) is 4. The monoisotopic (exact) mass is 656 g/mol. The molecule has 0 amide bonds. The predicted octanol–water partition coefficient (Wildman–Crippen LogP) is 10.7. The third-order valence-electron chi connectivity index (χ3n) is 9.85. The highest BCUT2D eigenvalue weighted by Gasteiger charge is 2.54. The van der Waals surface area contributed by atoms with Crippen LogP contribution in [0.3, 0.4) is 0 Å². The third kappa shape index (κ3) is 10.2. The van der Waals surface area contributed by atoms with E-state index >= 15 is 0 Å². The number of hydrogen-bond donors (Lipinski definition) is 2. The second-order valence-electron chi connectivity index (χ2n) is 13.6. The van der Waals surface area contributed by atoms with Gasteiger partial charge in [-0.05, 0) is 69.0 Å². The Morgan fingerprint density at radius 1 is 0.816 bits per heavy atom. The number of nitrogens with one attached hydrogen (secondary N) is 1. The Hall–Kier alpha value is -4.70. The van der Waals surface area contributed by atoms with E-state index in [0.29, 0.717) is 23.6 Å². The lowest BCUT2D eigenvalue weighted by Gasteiger charge is -2.65. The molecule has 4 aromatic carbocycles. The molecule has 2 heterocycles. The van der Waals surface area contributed by atoms with Crippen molar-refractivity contribution >= 4 is 10.8 Å². The van der Waals surface area contributed by atoms with Gasteiger partial charge in [0.05, 0.1) is 5.82 Å². The molecular formula is C45H60N4. The molecule has 2 saturated heterocycles. The summed E-state index contributed by atoms with van der Waals surface area (Å²) in [6.07, 6.45) is 2.08. The fourth-order valence-electron chi connectivity index (χ4n) is 7.04. The van der Waals surface area contributed by atoms with Crippen LogP contribution in [0, 0.1) is 25.7 Å². The van der Waals surface area contributed by atoms with Crippen LogP contribution in [0.1, 0.15) is 64.2 Å². The summed E-state index contributed by atoms with van der Waals surface area (Å²) in [6.45, 7) is 33.6. The van der Waals surface area contributed by atoms with Crippen molar-refractivity contribution in [3.63, 3.8) is 0 Å². The minimum atomic E-state index is -0.141. The molecule has 0 aromatic heterocycles. The molecule has 4 aromatic rings. The third-order valence-corrected chi connectivity index (χ3v) is 9.85. The van der Waals surface area contributed by atoms with E-state index in [1.54, 1.807) is 6.92 Å². The van der Waals surface area contributed by atoms with Gasteiger partial charge in [0, 0.05) is 37.2 Å². The molecule has 3 N–H and O–H groups in total. The second-order valence-corrected chi connectivity index (χ2v) is 13.6. The Kier molecular flexibility index (Phi) is 14.4. The van der Waals surface area contributed by atoms with Crippen molar-refractivity contribution in [2.24, 2.45) is 17.6 Å². The van der Waals surface area contributed by atoms with Gasteiger partial charge in [0.25, 0.3) is 0 Å². The zero-order chi connectivity index (χ0) is 36.1. The smallest absolute Gasteiger partial charge is 0.114 e. The normalized spacial score (nSPS) is 21.1. The molecule has 260 valence electrons. The van der Waals surface area contributed by atoms with Gasteiger partial charge in [-0.3, -0.25) is 0 Å². The van der Waals surface area contributed by atoms with Gasteiger partial charge >= 0.3 is 0 Å². The van der Waals surface area contributed by atoms with E-state index < -0.39 is 0 Å². The number of nitrogens with two attached hydrogens (primary N) is 1. The molecule has 49 heavy (non-hydrogen) atoms. The average Bonchev–Trinajstić information content (AvgIpc) is 3.09. The van der Waals surface area contributed by atoms with Crippen LogP contribution in [0.15, 0.2) is 152 Å². The number of benzene rings is 4. The standard InChI is InChI=1S/C24H35N3.C10H8.C8H10.C3H7N/c1-8-23-18(3)20(5)27-17(2)14-15-26(24(27,7)19(23)4)21(6)25-16-22-12-10-9-11-13-22;1-2-6-10-8-4-3-7-9(10)5-1;1-7-3-5-8(2)6-4-7;1-3(2)4/h9-13,19-20,23,25H,2-3,6,8,14-16H2,1,4-5,7H3;1-8H;3-6H,1-2H3;1,4H2,2H3. The molecule has 0 saturated carbocycles. The van der Waals surface area contributed by atoms with Gasteiger partial charge in [-0.15, -0.1) is 0 Å². The summed E-state index contributed by atoms with van der Waals surface area (Å²) < 4.78 is 0.